The summed E-state index contributed by atoms with van der Waals surface area (Å²) in [6, 6.07) is 0. The van der Waals surface area contributed by atoms with Crippen LogP contribution >= 0.6 is 0 Å². The van der Waals surface area contributed by atoms with Crippen LogP contribution in [0.15, 0.2) is 12.2 Å². The first-order valence-corrected chi connectivity index (χ1v) is 33.7. The van der Waals surface area contributed by atoms with E-state index in [9.17, 15) is 14.4 Å². The van der Waals surface area contributed by atoms with Crippen LogP contribution in [0.3, 0.4) is 0 Å². The Kier molecular flexibility index (Phi) is 62.1. The monoisotopic (exact) mass is 1040 g/mol. The molecule has 0 fully saturated rings. The molecule has 0 bridgehead atoms. The molecule has 0 aliphatic rings. The van der Waals surface area contributed by atoms with E-state index in [0.717, 1.165) is 57.8 Å². The third-order valence-corrected chi connectivity index (χ3v) is 15.5. The Hall–Kier alpha value is -1.85. The molecule has 6 heteroatoms. The highest BCUT2D eigenvalue weighted by molar-refractivity contribution is 5.71. The van der Waals surface area contributed by atoms with Crippen molar-refractivity contribution in [3.05, 3.63) is 12.2 Å². The van der Waals surface area contributed by atoms with E-state index in [-0.39, 0.29) is 31.1 Å². The van der Waals surface area contributed by atoms with Gasteiger partial charge in [-0.05, 0) is 44.9 Å². The molecule has 0 spiro atoms. The van der Waals surface area contributed by atoms with Crippen LogP contribution < -0.4 is 0 Å². The third-order valence-electron chi connectivity index (χ3n) is 15.5. The summed E-state index contributed by atoms with van der Waals surface area (Å²) >= 11 is 0. The van der Waals surface area contributed by atoms with Gasteiger partial charge in [0.25, 0.3) is 0 Å². The largest absolute Gasteiger partial charge is 0.462 e. The average Bonchev–Trinajstić information content (AvgIpc) is 3.40. The van der Waals surface area contributed by atoms with E-state index < -0.39 is 6.10 Å². The Bertz CT molecular complexity index is 1150. The number of hydrogen-bond donors (Lipinski definition) is 0. The summed E-state index contributed by atoms with van der Waals surface area (Å²) < 4.78 is 16.8. The van der Waals surface area contributed by atoms with E-state index >= 15 is 0 Å². The van der Waals surface area contributed by atoms with Gasteiger partial charge in [-0.15, -0.1) is 0 Å². The van der Waals surface area contributed by atoms with Gasteiger partial charge in [0.05, 0.1) is 0 Å². The van der Waals surface area contributed by atoms with Gasteiger partial charge in [-0.3, -0.25) is 14.4 Å². The van der Waals surface area contributed by atoms with Crippen molar-refractivity contribution in [3.63, 3.8) is 0 Å². The minimum atomic E-state index is -0.766. The van der Waals surface area contributed by atoms with Crippen LogP contribution in [0.5, 0.6) is 0 Å². The fraction of sp³-hybridized carbons (Fsp3) is 0.926. The van der Waals surface area contributed by atoms with Crippen molar-refractivity contribution in [1.82, 2.24) is 0 Å². The Morgan fingerprint density at radius 3 is 0.676 bits per heavy atom. The van der Waals surface area contributed by atoms with Crippen molar-refractivity contribution in [2.45, 2.75) is 393 Å². The summed E-state index contributed by atoms with van der Waals surface area (Å²) in [6.07, 6.45) is 75.8. The Balaban J connectivity index is 3.89. The zero-order chi connectivity index (χ0) is 53.6. The van der Waals surface area contributed by atoms with Crippen LogP contribution in [0.4, 0.5) is 0 Å². The maximum Gasteiger partial charge on any atom is 0.306 e. The van der Waals surface area contributed by atoms with Gasteiger partial charge in [0, 0.05) is 19.3 Å². The molecule has 0 heterocycles. The zero-order valence-electron chi connectivity index (χ0n) is 50.4. The van der Waals surface area contributed by atoms with E-state index in [4.69, 9.17) is 14.2 Å². The predicted octanol–water partition coefficient (Wildman–Crippen LogP) is 22.8. The van der Waals surface area contributed by atoms with Gasteiger partial charge in [0.2, 0.25) is 0 Å². The van der Waals surface area contributed by atoms with E-state index in [1.54, 1.807) is 0 Å². The van der Waals surface area contributed by atoms with Crippen LogP contribution in [0, 0.1) is 0 Å². The van der Waals surface area contributed by atoms with E-state index in [2.05, 4.69) is 32.9 Å². The van der Waals surface area contributed by atoms with Gasteiger partial charge < -0.3 is 14.2 Å². The fourth-order valence-corrected chi connectivity index (χ4v) is 10.4. The lowest BCUT2D eigenvalue weighted by molar-refractivity contribution is -0.167. The van der Waals surface area contributed by atoms with Gasteiger partial charge in [0.1, 0.15) is 13.2 Å². The minimum Gasteiger partial charge on any atom is -0.462 e. The molecule has 0 saturated heterocycles. The fourth-order valence-electron chi connectivity index (χ4n) is 10.4. The topological polar surface area (TPSA) is 78.9 Å². The Morgan fingerprint density at radius 1 is 0.257 bits per heavy atom. The summed E-state index contributed by atoms with van der Waals surface area (Å²) in [7, 11) is 0. The molecule has 0 aliphatic carbocycles. The highest BCUT2D eigenvalue weighted by atomic mass is 16.6. The number of esters is 3. The van der Waals surface area contributed by atoms with E-state index in [0.29, 0.717) is 19.3 Å². The first-order chi connectivity index (χ1) is 36.5. The summed E-state index contributed by atoms with van der Waals surface area (Å²) in [4.78, 5) is 38.0. The number of hydrogen-bond acceptors (Lipinski definition) is 6. The van der Waals surface area contributed by atoms with E-state index in [1.807, 2.05) is 0 Å². The first-order valence-electron chi connectivity index (χ1n) is 33.7. The smallest absolute Gasteiger partial charge is 0.306 e. The molecule has 0 amide bonds. The second-order valence-corrected chi connectivity index (χ2v) is 23.1. The van der Waals surface area contributed by atoms with Crippen molar-refractivity contribution in [1.29, 1.82) is 0 Å². The second-order valence-electron chi connectivity index (χ2n) is 23.1. The molecule has 0 saturated carbocycles. The maximum atomic E-state index is 12.8. The molecule has 1 atom stereocenters. The van der Waals surface area contributed by atoms with Crippen molar-refractivity contribution in [3.8, 4) is 0 Å². The lowest BCUT2D eigenvalue weighted by Crippen LogP contribution is -2.30. The molecule has 0 N–H and O–H groups in total. The Morgan fingerprint density at radius 2 is 0.446 bits per heavy atom. The third kappa shape index (κ3) is 61.0. The molecule has 0 aliphatic heterocycles. The average molecular weight is 1040 g/mol. The molecule has 438 valence electrons. The minimum absolute atomic E-state index is 0.0667. The number of allylic oxidation sites excluding steroid dienone is 2. The molecule has 0 aromatic carbocycles. The Labute approximate surface area is 462 Å². The first kappa shape index (κ1) is 72.2. The number of rotatable bonds is 63. The van der Waals surface area contributed by atoms with Crippen LogP contribution in [-0.2, 0) is 28.6 Å². The van der Waals surface area contributed by atoms with Crippen molar-refractivity contribution in [2.75, 3.05) is 13.2 Å². The van der Waals surface area contributed by atoms with Crippen molar-refractivity contribution >= 4 is 17.9 Å². The maximum absolute atomic E-state index is 12.8. The zero-order valence-corrected chi connectivity index (χ0v) is 50.4. The molecule has 1 unspecified atom stereocenters. The second kappa shape index (κ2) is 63.7. The summed E-state index contributed by atoms with van der Waals surface area (Å²) in [5.74, 6) is -0.856. The summed E-state index contributed by atoms with van der Waals surface area (Å²) in [5.41, 5.74) is 0. The summed E-state index contributed by atoms with van der Waals surface area (Å²) in [6.45, 7) is 6.64. The van der Waals surface area contributed by atoms with Crippen molar-refractivity contribution in [2.24, 2.45) is 0 Å². The van der Waals surface area contributed by atoms with Crippen LogP contribution in [0.2, 0.25) is 0 Å². The SMILES string of the molecule is CCCCCCCC/C=C\CCCCCCCCCC(=O)OC(COC(=O)CCCCCCCC)COC(=O)CCCCCCCCCCCCCCCCCCCCCCCCCCCCCCCCCCC. The highest BCUT2D eigenvalue weighted by Gasteiger charge is 2.19. The molecular formula is C68H130O6. The molecular weight excluding hydrogens is 913 g/mol. The van der Waals surface area contributed by atoms with Gasteiger partial charge >= 0.3 is 17.9 Å². The standard InChI is InChI=1S/C68H130O6/c1-4-7-10-13-16-18-20-22-24-26-27-28-29-30-31-32-33-34-35-36-37-38-39-40-41-43-44-46-48-50-52-55-58-61-67(70)73-64-65(63-72-66(69)60-57-54-15-12-9-6-3)74-68(71)62-59-56-53-51-49-47-45-42-25-23-21-19-17-14-11-8-5-2/h23,25,65H,4-22,24,26-64H2,1-3H3/b25-23-. The predicted molar refractivity (Wildman–Crippen MR) is 321 cm³/mol. The van der Waals surface area contributed by atoms with Crippen molar-refractivity contribution < 1.29 is 28.6 Å². The van der Waals surface area contributed by atoms with Crippen LogP contribution in [-0.4, -0.2) is 37.2 Å². The lowest BCUT2D eigenvalue weighted by Gasteiger charge is -2.18. The number of ether oxygens (including phenoxy) is 3. The van der Waals surface area contributed by atoms with Crippen LogP contribution in [0.25, 0.3) is 0 Å². The number of carbonyl (C=O) groups excluding carboxylic acids is 3. The lowest BCUT2D eigenvalue weighted by atomic mass is 10.0. The van der Waals surface area contributed by atoms with Crippen LogP contribution in [0.1, 0.15) is 387 Å². The molecule has 0 aromatic rings. The molecule has 0 radical (unpaired) electrons. The highest BCUT2D eigenvalue weighted by Crippen LogP contribution is 2.19. The molecule has 74 heavy (non-hydrogen) atoms. The number of unbranched alkanes of at least 4 members (excludes halogenated alkanes) is 50. The van der Waals surface area contributed by atoms with Gasteiger partial charge in [-0.2, -0.15) is 0 Å². The van der Waals surface area contributed by atoms with Gasteiger partial charge in [-0.25, -0.2) is 0 Å². The molecule has 0 aromatic heterocycles. The van der Waals surface area contributed by atoms with Gasteiger partial charge in [-0.1, -0.05) is 335 Å². The number of carbonyl (C=O) groups is 3. The normalized spacial score (nSPS) is 12.0. The summed E-state index contributed by atoms with van der Waals surface area (Å²) in [5, 5.41) is 0. The molecule has 6 nitrogen and oxygen atoms in total. The van der Waals surface area contributed by atoms with E-state index in [1.165, 1.54) is 289 Å². The van der Waals surface area contributed by atoms with Gasteiger partial charge in [0.15, 0.2) is 6.10 Å². The molecule has 0 rings (SSSR count). The quantitative estimate of drug-likeness (QED) is 0.0261.